The minimum Gasteiger partial charge on any atom is -0.376 e. The molecule has 0 aromatic heterocycles. The zero-order valence-electron chi connectivity index (χ0n) is 15.4. The van der Waals surface area contributed by atoms with Crippen LogP contribution in [0.25, 0.3) is 0 Å². The summed E-state index contributed by atoms with van der Waals surface area (Å²) >= 11 is 3.37. The zero-order valence-corrected chi connectivity index (χ0v) is 16.9. The molecular weight excluding hydrogens is 418 g/mol. The van der Waals surface area contributed by atoms with Gasteiger partial charge in [0.25, 0.3) is 5.91 Å². The monoisotopic (exact) mass is 437 g/mol. The van der Waals surface area contributed by atoms with Crippen molar-refractivity contribution in [3.63, 3.8) is 0 Å². The topological polar surface area (TPSA) is 61.4 Å². The SMILES string of the molecule is CN(C(=O)c1ccc(NCC(=O)Nc2cccc(Br)c2)cc1)c1ccccc1. The summed E-state index contributed by atoms with van der Waals surface area (Å²) in [6.45, 7) is 0.129. The van der Waals surface area contributed by atoms with Crippen LogP contribution in [-0.2, 0) is 4.79 Å². The number of halogens is 1. The van der Waals surface area contributed by atoms with Crippen LogP contribution in [0.4, 0.5) is 17.1 Å². The Morgan fingerprint density at radius 1 is 0.893 bits per heavy atom. The molecule has 3 rings (SSSR count). The van der Waals surface area contributed by atoms with E-state index in [0.717, 1.165) is 21.5 Å². The Kier molecular flexibility index (Phi) is 6.45. The normalized spacial score (nSPS) is 10.2. The van der Waals surface area contributed by atoms with E-state index >= 15 is 0 Å². The first-order chi connectivity index (χ1) is 13.5. The van der Waals surface area contributed by atoms with E-state index in [1.807, 2.05) is 54.6 Å². The second-order valence-electron chi connectivity index (χ2n) is 6.19. The van der Waals surface area contributed by atoms with E-state index in [1.165, 1.54) is 0 Å². The fourth-order valence-corrected chi connectivity index (χ4v) is 3.05. The first kappa shape index (κ1) is 19.6. The molecule has 0 unspecified atom stereocenters. The van der Waals surface area contributed by atoms with Crippen LogP contribution in [0.15, 0.2) is 83.3 Å². The number of nitrogens with one attached hydrogen (secondary N) is 2. The predicted octanol–water partition coefficient (Wildman–Crippen LogP) is 4.78. The zero-order chi connectivity index (χ0) is 19.9. The van der Waals surface area contributed by atoms with Crippen molar-refractivity contribution in [2.45, 2.75) is 0 Å². The summed E-state index contributed by atoms with van der Waals surface area (Å²) in [6, 6.07) is 24.0. The first-order valence-corrected chi connectivity index (χ1v) is 9.55. The minimum atomic E-state index is -0.151. The van der Waals surface area contributed by atoms with Crippen LogP contribution >= 0.6 is 15.9 Å². The number of hydrogen-bond acceptors (Lipinski definition) is 3. The quantitative estimate of drug-likeness (QED) is 0.583. The van der Waals surface area contributed by atoms with Crippen LogP contribution in [0.2, 0.25) is 0 Å². The lowest BCUT2D eigenvalue weighted by Crippen LogP contribution is -2.26. The largest absolute Gasteiger partial charge is 0.376 e. The molecule has 0 bridgehead atoms. The van der Waals surface area contributed by atoms with E-state index in [4.69, 9.17) is 0 Å². The van der Waals surface area contributed by atoms with Crippen LogP contribution in [0.3, 0.4) is 0 Å². The van der Waals surface area contributed by atoms with Gasteiger partial charge in [-0.15, -0.1) is 0 Å². The third-order valence-corrected chi connectivity index (χ3v) is 4.63. The molecule has 2 amide bonds. The summed E-state index contributed by atoms with van der Waals surface area (Å²) in [5.74, 6) is -0.243. The van der Waals surface area contributed by atoms with Gasteiger partial charge in [0.2, 0.25) is 5.91 Å². The Morgan fingerprint density at radius 2 is 1.61 bits per heavy atom. The molecule has 0 spiro atoms. The molecule has 28 heavy (non-hydrogen) atoms. The summed E-state index contributed by atoms with van der Waals surface area (Å²) in [4.78, 5) is 26.3. The first-order valence-electron chi connectivity index (χ1n) is 8.75. The molecule has 0 saturated heterocycles. The molecule has 6 heteroatoms. The van der Waals surface area contributed by atoms with E-state index < -0.39 is 0 Å². The van der Waals surface area contributed by atoms with Gasteiger partial charge in [-0.3, -0.25) is 9.59 Å². The van der Waals surface area contributed by atoms with E-state index in [2.05, 4.69) is 26.6 Å². The Bertz CT molecular complexity index is 959. The van der Waals surface area contributed by atoms with E-state index in [-0.39, 0.29) is 18.4 Å². The van der Waals surface area contributed by atoms with Gasteiger partial charge in [0, 0.05) is 34.1 Å². The van der Waals surface area contributed by atoms with Gasteiger partial charge in [-0.2, -0.15) is 0 Å². The van der Waals surface area contributed by atoms with Gasteiger partial charge in [0.15, 0.2) is 0 Å². The third kappa shape index (κ3) is 5.20. The second kappa shape index (κ2) is 9.19. The van der Waals surface area contributed by atoms with Gasteiger partial charge in [0.05, 0.1) is 6.54 Å². The standard InChI is InChI=1S/C22H20BrN3O2/c1-26(20-8-3-2-4-9-20)22(28)16-10-12-18(13-11-16)24-15-21(27)25-19-7-5-6-17(23)14-19/h2-14,24H,15H2,1H3,(H,25,27). The molecule has 0 aliphatic heterocycles. The summed E-state index contributed by atoms with van der Waals surface area (Å²) in [7, 11) is 1.75. The second-order valence-corrected chi connectivity index (χ2v) is 7.10. The van der Waals surface area contributed by atoms with E-state index in [9.17, 15) is 9.59 Å². The predicted molar refractivity (Wildman–Crippen MR) is 117 cm³/mol. The fourth-order valence-electron chi connectivity index (χ4n) is 2.65. The smallest absolute Gasteiger partial charge is 0.258 e. The highest BCUT2D eigenvalue weighted by Crippen LogP contribution is 2.17. The van der Waals surface area contributed by atoms with Crippen LogP contribution < -0.4 is 15.5 Å². The third-order valence-electron chi connectivity index (χ3n) is 4.14. The van der Waals surface area contributed by atoms with Gasteiger partial charge in [-0.05, 0) is 54.6 Å². The van der Waals surface area contributed by atoms with Gasteiger partial charge in [0.1, 0.15) is 0 Å². The molecule has 142 valence electrons. The molecule has 0 saturated carbocycles. The van der Waals surface area contributed by atoms with Crippen molar-refractivity contribution in [3.05, 3.63) is 88.9 Å². The van der Waals surface area contributed by atoms with Gasteiger partial charge in [-0.1, -0.05) is 40.2 Å². The molecule has 0 atom stereocenters. The lowest BCUT2D eigenvalue weighted by atomic mass is 10.1. The van der Waals surface area contributed by atoms with Crippen molar-refractivity contribution >= 4 is 44.8 Å². The highest BCUT2D eigenvalue weighted by Gasteiger charge is 2.13. The lowest BCUT2D eigenvalue weighted by Gasteiger charge is -2.17. The van der Waals surface area contributed by atoms with Crippen LogP contribution in [-0.4, -0.2) is 25.4 Å². The van der Waals surface area contributed by atoms with Crippen molar-refractivity contribution in [1.29, 1.82) is 0 Å². The molecule has 5 nitrogen and oxygen atoms in total. The summed E-state index contributed by atoms with van der Waals surface area (Å²) in [6.07, 6.45) is 0. The molecule has 0 aliphatic rings. The van der Waals surface area contributed by atoms with Gasteiger partial charge in [-0.25, -0.2) is 0 Å². The maximum absolute atomic E-state index is 12.6. The molecule has 0 aliphatic carbocycles. The number of nitrogens with zero attached hydrogens (tertiary/aromatic N) is 1. The highest BCUT2D eigenvalue weighted by molar-refractivity contribution is 9.10. The average Bonchev–Trinajstić information content (AvgIpc) is 2.72. The van der Waals surface area contributed by atoms with Gasteiger partial charge < -0.3 is 15.5 Å². The summed E-state index contributed by atoms with van der Waals surface area (Å²) in [5.41, 5.74) is 2.91. The number of amides is 2. The summed E-state index contributed by atoms with van der Waals surface area (Å²) in [5, 5.41) is 5.88. The maximum atomic E-state index is 12.6. The molecule has 3 aromatic carbocycles. The molecule has 0 heterocycles. The van der Waals surface area contributed by atoms with Crippen LogP contribution in [0, 0.1) is 0 Å². The maximum Gasteiger partial charge on any atom is 0.258 e. The molecule has 0 fully saturated rings. The molecule has 2 N–H and O–H groups in total. The Labute approximate surface area is 172 Å². The fraction of sp³-hybridized carbons (Fsp3) is 0.0909. The summed E-state index contributed by atoms with van der Waals surface area (Å²) < 4.78 is 0.902. The number of para-hydroxylation sites is 1. The lowest BCUT2D eigenvalue weighted by molar-refractivity contribution is -0.114. The van der Waals surface area contributed by atoms with Crippen LogP contribution in [0.1, 0.15) is 10.4 Å². The molecule has 0 radical (unpaired) electrons. The Morgan fingerprint density at radius 3 is 2.29 bits per heavy atom. The molecule has 3 aromatic rings. The number of hydrogen-bond donors (Lipinski definition) is 2. The number of carbonyl (C=O) groups excluding carboxylic acids is 2. The Balaban J connectivity index is 1.55. The highest BCUT2D eigenvalue weighted by atomic mass is 79.9. The number of anilines is 3. The van der Waals surface area contributed by atoms with Crippen molar-refractivity contribution in [2.75, 3.05) is 29.1 Å². The van der Waals surface area contributed by atoms with Crippen molar-refractivity contribution < 1.29 is 9.59 Å². The van der Waals surface area contributed by atoms with Crippen molar-refractivity contribution in [2.24, 2.45) is 0 Å². The van der Waals surface area contributed by atoms with Crippen LogP contribution in [0.5, 0.6) is 0 Å². The van der Waals surface area contributed by atoms with E-state index in [1.54, 1.807) is 36.2 Å². The van der Waals surface area contributed by atoms with Crippen molar-refractivity contribution in [3.8, 4) is 0 Å². The van der Waals surface area contributed by atoms with Gasteiger partial charge >= 0.3 is 0 Å². The Hall–Kier alpha value is -3.12. The number of benzene rings is 3. The van der Waals surface area contributed by atoms with E-state index in [0.29, 0.717) is 5.56 Å². The number of rotatable bonds is 6. The molecular formula is C22H20BrN3O2. The average molecular weight is 438 g/mol. The van der Waals surface area contributed by atoms with Crippen molar-refractivity contribution in [1.82, 2.24) is 0 Å². The minimum absolute atomic E-state index is 0.0925. The number of carbonyl (C=O) groups is 2.